The lowest BCUT2D eigenvalue weighted by molar-refractivity contribution is -0.143. The summed E-state index contributed by atoms with van der Waals surface area (Å²) < 4.78 is 15.9. The first kappa shape index (κ1) is 32.5. The van der Waals surface area contributed by atoms with E-state index < -0.39 is 36.1 Å². The molecule has 0 spiro atoms. The fourth-order valence-corrected chi connectivity index (χ4v) is 4.04. The van der Waals surface area contributed by atoms with Crippen LogP contribution in [0.4, 0.5) is 9.59 Å². The summed E-state index contributed by atoms with van der Waals surface area (Å²) in [5.74, 6) is -0.560. The second kappa shape index (κ2) is 17.0. The van der Waals surface area contributed by atoms with E-state index in [1.807, 2.05) is 74.5 Å². The van der Waals surface area contributed by atoms with E-state index in [1.54, 1.807) is 24.3 Å². The standard InChI is InChI=1S/C32H38N4O7/c1-22(2)18-28(30(38)41-3)33-31(39)36-35-29(37)27(34-32(40)43-21-25-12-8-5-9-13-25)19-23-14-16-26(17-15-23)42-20-24-10-6-4-7-11-24/h4-17,22,27-28H,18-21H2,1-3H3,(H,34,40)(H,35,37)(H2,33,36,39)/t27-,28-/m0/s1. The fourth-order valence-electron chi connectivity index (χ4n) is 4.04. The molecule has 0 fully saturated rings. The molecule has 0 aliphatic rings. The van der Waals surface area contributed by atoms with Crippen LogP contribution < -0.4 is 26.2 Å². The van der Waals surface area contributed by atoms with Crippen molar-refractivity contribution >= 4 is 24.0 Å². The van der Waals surface area contributed by atoms with Crippen LogP contribution in [0.3, 0.4) is 0 Å². The number of carbonyl (C=O) groups excluding carboxylic acids is 4. The molecule has 0 aliphatic heterocycles. The molecule has 3 aromatic rings. The van der Waals surface area contributed by atoms with Crippen molar-refractivity contribution in [2.75, 3.05) is 7.11 Å². The highest BCUT2D eigenvalue weighted by atomic mass is 16.5. The monoisotopic (exact) mass is 590 g/mol. The Hall–Kier alpha value is -5.06. The Labute approximate surface area is 251 Å². The average Bonchev–Trinajstić information content (AvgIpc) is 3.02. The normalized spacial score (nSPS) is 11.9. The number of hydrogen-bond acceptors (Lipinski definition) is 7. The van der Waals surface area contributed by atoms with Gasteiger partial charge in [-0.15, -0.1) is 0 Å². The van der Waals surface area contributed by atoms with Gasteiger partial charge in [0.2, 0.25) is 0 Å². The van der Waals surface area contributed by atoms with Crippen LogP contribution in [0.25, 0.3) is 0 Å². The number of ether oxygens (including phenoxy) is 3. The predicted molar refractivity (Wildman–Crippen MR) is 160 cm³/mol. The number of hydrazine groups is 1. The maximum Gasteiger partial charge on any atom is 0.408 e. The first-order chi connectivity index (χ1) is 20.7. The topological polar surface area (TPSA) is 144 Å². The highest BCUT2D eigenvalue weighted by molar-refractivity contribution is 5.89. The van der Waals surface area contributed by atoms with Gasteiger partial charge in [0.05, 0.1) is 7.11 Å². The maximum atomic E-state index is 13.1. The van der Waals surface area contributed by atoms with Gasteiger partial charge in [-0.05, 0) is 41.2 Å². The lowest BCUT2D eigenvalue weighted by Gasteiger charge is -2.21. The SMILES string of the molecule is COC(=O)[C@H](CC(C)C)NC(=O)NNC(=O)[C@H](Cc1ccc(OCc2ccccc2)cc1)NC(=O)OCc1ccccc1. The van der Waals surface area contributed by atoms with Crippen molar-refractivity contribution in [2.45, 2.75) is 52.0 Å². The number of urea groups is 1. The Bertz CT molecular complexity index is 1320. The molecule has 0 aromatic heterocycles. The van der Waals surface area contributed by atoms with Crippen LogP contribution in [0, 0.1) is 5.92 Å². The maximum absolute atomic E-state index is 13.1. The molecule has 43 heavy (non-hydrogen) atoms. The zero-order chi connectivity index (χ0) is 31.0. The van der Waals surface area contributed by atoms with Gasteiger partial charge >= 0.3 is 18.1 Å². The summed E-state index contributed by atoms with van der Waals surface area (Å²) in [7, 11) is 1.23. The number of alkyl carbamates (subject to hydrolysis) is 1. The average molecular weight is 591 g/mol. The highest BCUT2D eigenvalue weighted by Crippen LogP contribution is 2.16. The summed E-state index contributed by atoms with van der Waals surface area (Å²) in [6.07, 6.45) is -0.373. The minimum atomic E-state index is -1.10. The van der Waals surface area contributed by atoms with E-state index in [4.69, 9.17) is 14.2 Å². The van der Waals surface area contributed by atoms with E-state index >= 15 is 0 Å². The molecule has 4 amide bonds. The number of nitrogens with one attached hydrogen (secondary N) is 4. The third kappa shape index (κ3) is 11.8. The first-order valence-corrected chi connectivity index (χ1v) is 13.9. The Morgan fingerprint density at radius 3 is 1.88 bits per heavy atom. The van der Waals surface area contributed by atoms with Crippen molar-refractivity contribution in [1.29, 1.82) is 0 Å². The lowest BCUT2D eigenvalue weighted by Crippen LogP contribution is -2.57. The van der Waals surface area contributed by atoms with Gasteiger partial charge < -0.3 is 24.8 Å². The molecule has 2 atom stereocenters. The largest absolute Gasteiger partial charge is 0.489 e. The van der Waals surface area contributed by atoms with E-state index in [1.165, 1.54) is 7.11 Å². The molecule has 0 unspecified atom stereocenters. The summed E-state index contributed by atoms with van der Waals surface area (Å²) in [5.41, 5.74) is 7.07. The Kier molecular flexibility index (Phi) is 12.8. The first-order valence-electron chi connectivity index (χ1n) is 13.9. The summed E-state index contributed by atoms with van der Waals surface area (Å²) >= 11 is 0. The predicted octanol–water partition coefficient (Wildman–Crippen LogP) is 4.02. The molecule has 0 saturated heterocycles. The van der Waals surface area contributed by atoms with Gasteiger partial charge in [0, 0.05) is 6.42 Å². The molecule has 228 valence electrons. The molecule has 0 radical (unpaired) electrons. The third-order valence-electron chi connectivity index (χ3n) is 6.23. The van der Waals surface area contributed by atoms with E-state index in [-0.39, 0.29) is 18.9 Å². The van der Waals surface area contributed by atoms with Gasteiger partial charge in [-0.3, -0.25) is 10.2 Å². The van der Waals surface area contributed by atoms with Gasteiger partial charge in [0.15, 0.2) is 0 Å². The lowest BCUT2D eigenvalue weighted by atomic mass is 10.0. The van der Waals surface area contributed by atoms with E-state index in [9.17, 15) is 19.2 Å². The van der Waals surface area contributed by atoms with Gasteiger partial charge in [-0.2, -0.15) is 0 Å². The van der Waals surface area contributed by atoms with Crippen LogP contribution in [0.2, 0.25) is 0 Å². The van der Waals surface area contributed by atoms with Gasteiger partial charge in [0.25, 0.3) is 5.91 Å². The van der Waals surface area contributed by atoms with Crippen LogP contribution in [-0.2, 0) is 38.7 Å². The third-order valence-corrected chi connectivity index (χ3v) is 6.23. The number of benzene rings is 3. The fraction of sp³-hybridized carbons (Fsp3) is 0.312. The number of esters is 1. The summed E-state index contributed by atoms with van der Waals surface area (Å²) in [5, 5.41) is 5.05. The number of amides is 4. The van der Waals surface area contributed by atoms with Crippen molar-refractivity contribution in [2.24, 2.45) is 5.92 Å². The molecule has 0 aliphatic carbocycles. The molecule has 0 bridgehead atoms. The summed E-state index contributed by atoms with van der Waals surface area (Å²) in [4.78, 5) is 50.2. The Balaban J connectivity index is 1.62. The van der Waals surface area contributed by atoms with E-state index in [2.05, 4.69) is 21.5 Å². The Morgan fingerprint density at radius 2 is 1.30 bits per heavy atom. The number of methoxy groups -OCH3 is 1. The van der Waals surface area contributed by atoms with Crippen molar-refractivity contribution < 1.29 is 33.4 Å². The zero-order valence-electron chi connectivity index (χ0n) is 24.5. The minimum Gasteiger partial charge on any atom is -0.489 e. The minimum absolute atomic E-state index is 0.0138. The molecule has 3 rings (SSSR count). The van der Waals surface area contributed by atoms with Crippen molar-refractivity contribution in [1.82, 2.24) is 21.5 Å². The second-order valence-electron chi connectivity index (χ2n) is 10.2. The Morgan fingerprint density at radius 1 is 0.698 bits per heavy atom. The van der Waals surface area contributed by atoms with Crippen LogP contribution >= 0.6 is 0 Å². The molecule has 11 heteroatoms. The smallest absolute Gasteiger partial charge is 0.408 e. The molecule has 3 aromatic carbocycles. The van der Waals surface area contributed by atoms with Crippen LogP contribution in [0.15, 0.2) is 84.9 Å². The van der Waals surface area contributed by atoms with Crippen molar-refractivity contribution in [3.05, 3.63) is 102 Å². The molecule has 0 saturated carbocycles. The molecular formula is C32H38N4O7. The van der Waals surface area contributed by atoms with Gasteiger partial charge in [-0.1, -0.05) is 86.6 Å². The summed E-state index contributed by atoms with van der Waals surface area (Å²) in [6, 6.07) is 23.1. The number of rotatable bonds is 13. The van der Waals surface area contributed by atoms with Gasteiger partial charge in [-0.25, -0.2) is 19.8 Å². The van der Waals surface area contributed by atoms with Gasteiger partial charge in [0.1, 0.15) is 31.0 Å². The van der Waals surface area contributed by atoms with E-state index in [0.717, 1.165) is 16.7 Å². The highest BCUT2D eigenvalue weighted by Gasteiger charge is 2.25. The molecule has 4 N–H and O–H groups in total. The van der Waals surface area contributed by atoms with Crippen molar-refractivity contribution in [3.63, 3.8) is 0 Å². The second-order valence-corrected chi connectivity index (χ2v) is 10.2. The molecule has 11 nitrogen and oxygen atoms in total. The number of hydrogen-bond donors (Lipinski definition) is 4. The van der Waals surface area contributed by atoms with Crippen molar-refractivity contribution in [3.8, 4) is 5.75 Å². The number of carbonyl (C=O) groups is 4. The quantitative estimate of drug-likeness (QED) is 0.174. The van der Waals surface area contributed by atoms with Crippen LogP contribution in [0.5, 0.6) is 5.75 Å². The summed E-state index contributed by atoms with van der Waals surface area (Å²) in [6.45, 7) is 4.21. The zero-order valence-corrected chi connectivity index (χ0v) is 24.5. The van der Waals surface area contributed by atoms with E-state index in [0.29, 0.717) is 18.8 Å². The molecule has 0 heterocycles. The molecular weight excluding hydrogens is 552 g/mol. The van der Waals surface area contributed by atoms with Crippen LogP contribution in [-0.4, -0.2) is 43.2 Å². The van der Waals surface area contributed by atoms with Crippen LogP contribution in [0.1, 0.15) is 37.0 Å².